The van der Waals surface area contributed by atoms with E-state index in [4.69, 9.17) is 0 Å². The maximum absolute atomic E-state index is 12.8. The Bertz CT molecular complexity index is 1140. The van der Waals surface area contributed by atoms with Gasteiger partial charge in [-0.3, -0.25) is 9.55 Å². The summed E-state index contributed by atoms with van der Waals surface area (Å²) in [5, 5.41) is 0.963. The van der Waals surface area contributed by atoms with Crippen LogP contribution < -0.4 is 0 Å². The predicted molar refractivity (Wildman–Crippen MR) is 108 cm³/mol. The lowest BCUT2D eigenvalue weighted by molar-refractivity contribution is -0.137. The third kappa shape index (κ3) is 3.50. The van der Waals surface area contributed by atoms with Gasteiger partial charge in [-0.25, -0.2) is 4.98 Å². The van der Waals surface area contributed by atoms with Crippen LogP contribution in [0.1, 0.15) is 30.5 Å². The highest BCUT2D eigenvalue weighted by molar-refractivity contribution is 5.85. The molecule has 0 saturated carbocycles. The molecule has 0 saturated heterocycles. The Labute approximate surface area is 166 Å². The Balaban J connectivity index is 1.78. The number of rotatable bonds is 4. The number of benzene rings is 1. The van der Waals surface area contributed by atoms with E-state index in [-0.39, 0.29) is 0 Å². The first-order valence-electron chi connectivity index (χ1n) is 9.54. The van der Waals surface area contributed by atoms with Crippen LogP contribution in [0.3, 0.4) is 0 Å². The average Bonchev–Trinajstić information content (AvgIpc) is 3.15. The van der Waals surface area contributed by atoms with Crippen molar-refractivity contribution in [1.29, 1.82) is 0 Å². The van der Waals surface area contributed by atoms with Crippen molar-refractivity contribution in [1.82, 2.24) is 14.5 Å². The first-order valence-corrected chi connectivity index (χ1v) is 9.54. The van der Waals surface area contributed by atoms with E-state index in [9.17, 15) is 13.2 Å². The molecule has 0 N–H and O–H groups in total. The number of halogens is 3. The number of pyridine rings is 2. The maximum Gasteiger partial charge on any atom is 0.417 e. The molecule has 0 aliphatic carbocycles. The minimum Gasteiger partial charge on any atom is -0.300 e. The van der Waals surface area contributed by atoms with Crippen molar-refractivity contribution >= 4 is 10.9 Å². The van der Waals surface area contributed by atoms with Gasteiger partial charge in [-0.05, 0) is 48.2 Å². The van der Waals surface area contributed by atoms with E-state index in [0.717, 1.165) is 41.7 Å². The van der Waals surface area contributed by atoms with Gasteiger partial charge in [0, 0.05) is 23.3 Å². The van der Waals surface area contributed by atoms with Gasteiger partial charge in [0.05, 0.1) is 23.0 Å². The quantitative estimate of drug-likeness (QED) is 0.410. The van der Waals surface area contributed by atoms with E-state index >= 15 is 0 Å². The lowest BCUT2D eigenvalue weighted by Crippen LogP contribution is -2.06. The molecule has 3 aromatic heterocycles. The largest absolute Gasteiger partial charge is 0.417 e. The molecule has 6 heteroatoms. The third-order valence-electron chi connectivity index (χ3n) is 5.15. The molecule has 1 aromatic carbocycles. The Hall–Kier alpha value is -3.15. The molecule has 29 heavy (non-hydrogen) atoms. The molecular weight excluding hydrogens is 375 g/mol. The van der Waals surface area contributed by atoms with Gasteiger partial charge in [0.15, 0.2) is 0 Å². The van der Waals surface area contributed by atoms with Crippen LogP contribution in [0.2, 0.25) is 0 Å². The molecule has 3 heterocycles. The Morgan fingerprint density at radius 1 is 0.897 bits per heavy atom. The summed E-state index contributed by atoms with van der Waals surface area (Å²) in [6.45, 7) is 4.26. The fourth-order valence-corrected chi connectivity index (χ4v) is 3.64. The second-order valence-corrected chi connectivity index (χ2v) is 6.88. The van der Waals surface area contributed by atoms with E-state index < -0.39 is 11.7 Å². The number of aryl methyl sites for hydroxylation is 2. The minimum atomic E-state index is -4.40. The standard InChI is InChI=1S/C23H20F3N3/c1-3-15-6-5-7-16(4-2)22(15)19-12-17-10-11-29(20(17)14-27-19)21-9-8-18(13-28-21)23(24,25)26/h5-14H,3-4H2,1-2H3. The summed E-state index contributed by atoms with van der Waals surface area (Å²) < 4.78 is 40.1. The Morgan fingerprint density at radius 3 is 2.21 bits per heavy atom. The molecule has 0 amide bonds. The van der Waals surface area contributed by atoms with Crippen molar-refractivity contribution in [3.8, 4) is 17.1 Å². The van der Waals surface area contributed by atoms with Crippen LogP contribution in [-0.4, -0.2) is 14.5 Å². The van der Waals surface area contributed by atoms with Crippen LogP contribution in [0.4, 0.5) is 13.2 Å². The normalized spacial score (nSPS) is 11.9. The zero-order valence-corrected chi connectivity index (χ0v) is 16.2. The van der Waals surface area contributed by atoms with Crippen LogP contribution >= 0.6 is 0 Å². The van der Waals surface area contributed by atoms with Crippen LogP contribution in [0.25, 0.3) is 28.0 Å². The van der Waals surface area contributed by atoms with Gasteiger partial charge in [-0.1, -0.05) is 32.0 Å². The number of aromatic nitrogens is 3. The van der Waals surface area contributed by atoms with Gasteiger partial charge in [-0.15, -0.1) is 0 Å². The summed E-state index contributed by atoms with van der Waals surface area (Å²) in [5.41, 5.74) is 4.61. The van der Waals surface area contributed by atoms with Crippen molar-refractivity contribution in [2.45, 2.75) is 32.9 Å². The van der Waals surface area contributed by atoms with E-state index in [1.54, 1.807) is 17.0 Å². The van der Waals surface area contributed by atoms with Crippen molar-refractivity contribution < 1.29 is 13.2 Å². The first-order chi connectivity index (χ1) is 13.9. The summed E-state index contributed by atoms with van der Waals surface area (Å²) in [4.78, 5) is 8.67. The summed E-state index contributed by atoms with van der Waals surface area (Å²) in [7, 11) is 0. The van der Waals surface area contributed by atoms with Crippen molar-refractivity contribution in [2.24, 2.45) is 0 Å². The van der Waals surface area contributed by atoms with Crippen molar-refractivity contribution in [2.75, 3.05) is 0 Å². The SMILES string of the molecule is CCc1cccc(CC)c1-c1cc2ccn(-c3ccc(C(F)(F)F)cn3)c2cn1. The number of alkyl halides is 3. The zero-order chi connectivity index (χ0) is 20.6. The molecule has 0 aliphatic rings. The van der Waals surface area contributed by atoms with Crippen molar-refractivity contribution in [3.05, 3.63) is 77.7 Å². The molecule has 0 unspecified atom stereocenters. The van der Waals surface area contributed by atoms with E-state index in [2.05, 4.69) is 42.0 Å². The lowest BCUT2D eigenvalue weighted by atomic mass is 9.94. The van der Waals surface area contributed by atoms with Crippen LogP contribution in [0.15, 0.2) is 61.1 Å². The van der Waals surface area contributed by atoms with E-state index in [0.29, 0.717) is 5.82 Å². The maximum atomic E-state index is 12.8. The lowest BCUT2D eigenvalue weighted by Gasteiger charge is -2.13. The molecule has 0 aliphatic heterocycles. The molecule has 0 bridgehead atoms. The molecule has 3 nitrogen and oxygen atoms in total. The van der Waals surface area contributed by atoms with Gasteiger partial charge in [0.25, 0.3) is 0 Å². The number of nitrogens with zero attached hydrogens (tertiary/aromatic N) is 3. The fourth-order valence-electron chi connectivity index (χ4n) is 3.64. The molecular formula is C23H20F3N3. The van der Waals surface area contributed by atoms with Gasteiger partial charge in [-0.2, -0.15) is 13.2 Å². The zero-order valence-electron chi connectivity index (χ0n) is 16.2. The Morgan fingerprint density at radius 2 is 1.62 bits per heavy atom. The van der Waals surface area contributed by atoms with Crippen LogP contribution in [-0.2, 0) is 19.0 Å². The molecule has 0 spiro atoms. The smallest absolute Gasteiger partial charge is 0.300 e. The molecule has 0 fully saturated rings. The summed E-state index contributed by atoms with van der Waals surface area (Å²) in [6.07, 6.45) is 1.85. The summed E-state index contributed by atoms with van der Waals surface area (Å²) in [6, 6.07) is 12.7. The monoisotopic (exact) mass is 395 g/mol. The Kier molecular flexibility index (Phi) is 4.86. The molecule has 4 rings (SSSR count). The topological polar surface area (TPSA) is 30.7 Å². The summed E-state index contributed by atoms with van der Waals surface area (Å²) >= 11 is 0. The molecule has 0 atom stereocenters. The van der Waals surface area contributed by atoms with E-state index in [1.165, 1.54) is 22.8 Å². The second kappa shape index (κ2) is 7.35. The highest BCUT2D eigenvalue weighted by Crippen LogP contribution is 2.31. The average molecular weight is 395 g/mol. The van der Waals surface area contributed by atoms with Gasteiger partial charge in [0.1, 0.15) is 5.82 Å². The number of hydrogen-bond acceptors (Lipinski definition) is 2. The van der Waals surface area contributed by atoms with Crippen molar-refractivity contribution in [3.63, 3.8) is 0 Å². The predicted octanol–water partition coefficient (Wildman–Crippen LogP) is 6.23. The third-order valence-corrected chi connectivity index (χ3v) is 5.15. The van der Waals surface area contributed by atoms with Gasteiger partial charge in [0.2, 0.25) is 0 Å². The summed E-state index contributed by atoms with van der Waals surface area (Å²) in [5.74, 6) is 0.422. The molecule has 0 radical (unpaired) electrons. The van der Waals surface area contributed by atoms with Crippen LogP contribution in [0.5, 0.6) is 0 Å². The minimum absolute atomic E-state index is 0.422. The highest BCUT2D eigenvalue weighted by Gasteiger charge is 2.30. The number of fused-ring (bicyclic) bond motifs is 1. The second-order valence-electron chi connectivity index (χ2n) is 6.88. The molecule has 4 aromatic rings. The fraction of sp³-hybridized carbons (Fsp3) is 0.217. The highest BCUT2D eigenvalue weighted by atomic mass is 19.4. The molecule has 148 valence electrons. The van der Waals surface area contributed by atoms with Crippen LogP contribution in [0, 0.1) is 0 Å². The van der Waals surface area contributed by atoms with Gasteiger partial charge >= 0.3 is 6.18 Å². The van der Waals surface area contributed by atoms with E-state index in [1.807, 2.05) is 12.1 Å². The first kappa shape index (κ1) is 19.2. The van der Waals surface area contributed by atoms with Gasteiger partial charge < -0.3 is 0 Å². The number of hydrogen-bond donors (Lipinski definition) is 0.